The van der Waals surface area contributed by atoms with Crippen LogP contribution in [0.25, 0.3) is 0 Å². The smallest absolute Gasteiger partial charge is 0.315 e. The molecule has 2 unspecified atom stereocenters. The highest BCUT2D eigenvalue weighted by Crippen LogP contribution is 2.23. The van der Waals surface area contributed by atoms with Crippen molar-refractivity contribution in [2.75, 3.05) is 6.73 Å². The molecule has 0 aromatic rings. The molecule has 1 heterocycles. The third-order valence-electron chi connectivity index (χ3n) is 2.37. The van der Waals surface area contributed by atoms with E-state index in [2.05, 4.69) is 0 Å². The Balaban J connectivity index is 2.60. The van der Waals surface area contributed by atoms with Crippen LogP contribution < -0.4 is 0 Å². The van der Waals surface area contributed by atoms with Crippen molar-refractivity contribution in [2.24, 2.45) is 5.92 Å². The Labute approximate surface area is 90.5 Å². The van der Waals surface area contributed by atoms with Gasteiger partial charge in [0.15, 0.2) is 0 Å². The van der Waals surface area contributed by atoms with Gasteiger partial charge >= 0.3 is 5.97 Å². The minimum absolute atomic E-state index is 0.0372. The number of hydrogen-bond acceptors (Lipinski definition) is 4. The summed E-state index contributed by atoms with van der Waals surface area (Å²) in [6.45, 7) is 7.36. The van der Waals surface area contributed by atoms with Gasteiger partial charge in [0.05, 0.1) is 5.92 Å². The summed E-state index contributed by atoms with van der Waals surface area (Å²) in [5, 5.41) is 8.99. The van der Waals surface area contributed by atoms with Crippen LogP contribution in [0.15, 0.2) is 12.3 Å². The Morgan fingerprint density at radius 1 is 1.53 bits per heavy atom. The highest BCUT2D eigenvalue weighted by Gasteiger charge is 2.33. The van der Waals surface area contributed by atoms with Gasteiger partial charge in [-0.1, -0.05) is 6.08 Å². The number of aliphatic hydroxyl groups is 1. The van der Waals surface area contributed by atoms with Gasteiger partial charge in [-0.3, -0.25) is 4.79 Å². The van der Waals surface area contributed by atoms with E-state index in [9.17, 15) is 4.79 Å². The zero-order valence-electron chi connectivity index (χ0n) is 9.73. The van der Waals surface area contributed by atoms with Gasteiger partial charge in [0, 0.05) is 6.04 Å². The van der Waals surface area contributed by atoms with Crippen molar-refractivity contribution < 1.29 is 14.6 Å². The van der Waals surface area contributed by atoms with Gasteiger partial charge in [0.1, 0.15) is 12.3 Å². The van der Waals surface area contributed by atoms with E-state index in [1.807, 2.05) is 27.7 Å². The number of aliphatic hydroxyl groups excluding tert-OH is 1. The maximum atomic E-state index is 11.8. The molecule has 0 radical (unpaired) electrons. The molecular formula is C11H19NO3. The SMILES string of the molecule is CC1C(C(=O)OC(C)(C)C)C=CN1CO. The fourth-order valence-corrected chi connectivity index (χ4v) is 1.53. The summed E-state index contributed by atoms with van der Waals surface area (Å²) in [6, 6.07) is -0.0372. The summed E-state index contributed by atoms with van der Waals surface area (Å²) >= 11 is 0. The minimum atomic E-state index is -0.461. The minimum Gasteiger partial charge on any atom is -0.459 e. The Kier molecular flexibility index (Phi) is 3.39. The van der Waals surface area contributed by atoms with E-state index in [1.165, 1.54) is 0 Å². The summed E-state index contributed by atoms with van der Waals surface area (Å²) in [5.74, 6) is -0.515. The zero-order valence-corrected chi connectivity index (χ0v) is 9.73. The van der Waals surface area contributed by atoms with Gasteiger partial charge in [0.2, 0.25) is 0 Å². The van der Waals surface area contributed by atoms with Crippen molar-refractivity contribution in [3.63, 3.8) is 0 Å². The first kappa shape index (κ1) is 12.0. The molecule has 0 bridgehead atoms. The first-order valence-corrected chi connectivity index (χ1v) is 5.13. The van der Waals surface area contributed by atoms with Crippen LogP contribution in [-0.2, 0) is 9.53 Å². The highest BCUT2D eigenvalue weighted by atomic mass is 16.6. The van der Waals surface area contributed by atoms with Crippen molar-refractivity contribution in [1.29, 1.82) is 0 Å². The van der Waals surface area contributed by atoms with Crippen molar-refractivity contribution >= 4 is 5.97 Å². The summed E-state index contributed by atoms with van der Waals surface area (Å²) in [5.41, 5.74) is -0.461. The number of esters is 1. The van der Waals surface area contributed by atoms with Gasteiger partial charge in [0.25, 0.3) is 0 Å². The van der Waals surface area contributed by atoms with Gasteiger partial charge < -0.3 is 14.7 Å². The molecule has 0 aliphatic carbocycles. The van der Waals surface area contributed by atoms with Gasteiger partial charge in [-0.05, 0) is 33.9 Å². The van der Waals surface area contributed by atoms with Gasteiger partial charge in [-0.25, -0.2) is 0 Å². The van der Waals surface area contributed by atoms with Crippen molar-refractivity contribution in [1.82, 2.24) is 4.90 Å². The summed E-state index contributed by atoms with van der Waals surface area (Å²) in [6.07, 6.45) is 3.51. The molecule has 0 aromatic heterocycles. The van der Waals surface area contributed by atoms with E-state index in [-0.39, 0.29) is 24.7 Å². The molecule has 4 heteroatoms. The topological polar surface area (TPSA) is 49.8 Å². The van der Waals surface area contributed by atoms with Crippen LogP contribution in [0.2, 0.25) is 0 Å². The second kappa shape index (κ2) is 4.23. The number of carbonyl (C=O) groups is 1. The Hall–Kier alpha value is -1.03. The summed E-state index contributed by atoms with van der Waals surface area (Å²) in [4.78, 5) is 13.5. The number of nitrogens with zero attached hydrogens (tertiary/aromatic N) is 1. The normalized spacial score (nSPS) is 25.8. The Bertz CT molecular complexity index is 267. The lowest BCUT2D eigenvalue weighted by molar-refractivity contribution is -0.159. The fraction of sp³-hybridized carbons (Fsp3) is 0.727. The molecule has 86 valence electrons. The number of hydrogen-bond donors (Lipinski definition) is 1. The van der Waals surface area contributed by atoms with Crippen LogP contribution >= 0.6 is 0 Å². The zero-order chi connectivity index (χ0) is 11.6. The van der Waals surface area contributed by atoms with Crippen LogP contribution in [0.3, 0.4) is 0 Å². The Morgan fingerprint density at radius 3 is 2.53 bits per heavy atom. The molecule has 0 spiro atoms. The van der Waals surface area contributed by atoms with Crippen molar-refractivity contribution in [2.45, 2.75) is 39.3 Å². The molecule has 0 amide bonds. The van der Waals surface area contributed by atoms with Crippen LogP contribution in [0.5, 0.6) is 0 Å². The quantitative estimate of drug-likeness (QED) is 0.698. The predicted molar refractivity (Wildman–Crippen MR) is 56.9 cm³/mol. The molecule has 0 saturated heterocycles. The van der Waals surface area contributed by atoms with Crippen molar-refractivity contribution in [3.05, 3.63) is 12.3 Å². The van der Waals surface area contributed by atoms with Crippen molar-refractivity contribution in [3.8, 4) is 0 Å². The lowest BCUT2D eigenvalue weighted by Gasteiger charge is -2.26. The molecule has 0 aromatic carbocycles. The van der Waals surface area contributed by atoms with E-state index in [4.69, 9.17) is 9.84 Å². The lowest BCUT2D eigenvalue weighted by atomic mass is 10.0. The largest absolute Gasteiger partial charge is 0.459 e. The molecular weight excluding hydrogens is 194 g/mol. The Morgan fingerprint density at radius 2 is 2.13 bits per heavy atom. The first-order chi connectivity index (χ1) is 6.85. The van der Waals surface area contributed by atoms with E-state index in [0.717, 1.165) is 0 Å². The molecule has 0 saturated carbocycles. The van der Waals surface area contributed by atoms with Crippen LogP contribution in [0, 0.1) is 5.92 Å². The summed E-state index contributed by atoms with van der Waals surface area (Å²) < 4.78 is 5.29. The highest BCUT2D eigenvalue weighted by molar-refractivity contribution is 5.76. The molecule has 1 rings (SSSR count). The molecule has 15 heavy (non-hydrogen) atoms. The maximum absolute atomic E-state index is 11.8. The molecule has 1 N–H and O–H groups in total. The van der Waals surface area contributed by atoms with E-state index in [0.29, 0.717) is 0 Å². The van der Waals surface area contributed by atoms with Gasteiger partial charge in [-0.15, -0.1) is 0 Å². The second-order valence-corrected chi connectivity index (χ2v) is 4.80. The van der Waals surface area contributed by atoms with Gasteiger partial charge in [-0.2, -0.15) is 0 Å². The number of ether oxygens (including phenoxy) is 1. The lowest BCUT2D eigenvalue weighted by Crippen LogP contribution is -2.37. The fourth-order valence-electron chi connectivity index (χ4n) is 1.53. The average molecular weight is 213 g/mol. The monoisotopic (exact) mass is 213 g/mol. The molecule has 1 aliphatic heterocycles. The molecule has 0 fully saturated rings. The van der Waals surface area contributed by atoms with Crippen LogP contribution in [0.1, 0.15) is 27.7 Å². The first-order valence-electron chi connectivity index (χ1n) is 5.13. The maximum Gasteiger partial charge on any atom is 0.315 e. The van der Waals surface area contributed by atoms with E-state index >= 15 is 0 Å². The number of carbonyl (C=O) groups excluding carboxylic acids is 1. The third kappa shape index (κ3) is 2.96. The second-order valence-electron chi connectivity index (χ2n) is 4.80. The standard InChI is InChI=1S/C11H19NO3/c1-8-9(5-6-12(8)7-13)10(14)15-11(2,3)4/h5-6,8-9,13H,7H2,1-4H3. The average Bonchev–Trinajstić information content (AvgIpc) is 2.43. The van der Waals surface area contributed by atoms with Crippen LogP contribution in [0.4, 0.5) is 0 Å². The van der Waals surface area contributed by atoms with Crippen LogP contribution in [-0.4, -0.2) is 34.3 Å². The molecule has 1 aliphatic rings. The van der Waals surface area contributed by atoms with E-state index < -0.39 is 5.60 Å². The number of rotatable bonds is 2. The molecule has 2 atom stereocenters. The van der Waals surface area contributed by atoms with E-state index in [1.54, 1.807) is 17.2 Å². The third-order valence-corrected chi connectivity index (χ3v) is 2.37. The molecule has 4 nitrogen and oxygen atoms in total. The predicted octanol–water partition coefficient (Wildman–Crippen LogP) is 1.11. The summed E-state index contributed by atoms with van der Waals surface area (Å²) in [7, 11) is 0.